The molecule has 0 aliphatic carbocycles. The van der Waals surface area contributed by atoms with E-state index in [1.54, 1.807) is 6.92 Å². The highest BCUT2D eigenvalue weighted by molar-refractivity contribution is 5.78. The molecule has 96 valence electrons. The summed E-state index contributed by atoms with van der Waals surface area (Å²) in [6.07, 6.45) is 0.722. The van der Waals surface area contributed by atoms with E-state index in [-0.39, 0.29) is 5.54 Å². The van der Waals surface area contributed by atoms with Gasteiger partial charge >= 0.3 is 0 Å². The third kappa shape index (κ3) is 8.53. The molecule has 0 saturated heterocycles. The van der Waals surface area contributed by atoms with Crippen molar-refractivity contribution in [2.75, 3.05) is 6.54 Å². The van der Waals surface area contributed by atoms with Gasteiger partial charge in [-0.3, -0.25) is 4.99 Å². The van der Waals surface area contributed by atoms with E-state index >= 15 is 0 Å². The second-order valence-electron chi connectivity index (χ2n) is 6.17. The van der Waals surface area contributed by atoms with Gasteiger partial charge in [0.2, 0.25) is 0 Å². The number of rotatable bonds is 4. The molecule has 0 aliphatic rings. The van der Waals surface area contributed by atoms with Crippen molar-refractivity contribution in [2.24, 2.45) is 16.6 Å². The van der Waals surface area contributed by atoms with Crippen LogP contribution in [-0.2, 0) is 0 Å². The molecule has 4 heteroatoms. The third-order valence-electron chi connectivity index (χ3n) is 1.94. The highest BCUT2D eigenvalue weighted by atomic mass is 16.3. The Balaban J connectivity index is 4.25. The van der Waals surface area contributed by atoms with Crippen LogP contribution in [0, 0.1) is 5.92 Å². The summed E-state index contributed by atoms with van der Waals surface area (Å²) in [7, 11) is 0. The second kappa shape index (κ2) is 5.53. The van der Waals surface area contributed by atoms with Crippen molar-refractivity contribution >= 4 is 5.96 Å². The number of nitrogens with one attached hydrogen (secondary N) is 1. The fourth-order valence-electron chi connectivity index (χ4n) is 1.62. The summed E-state index contributed by atoms with van der Waals surface area (Å²) >= 11 is 0. The summed E-state index contributed by atoms with van der Waals surface area (Å²) in [6, 6.07) is 0. The number of aliphatic imine (C=N–C) groups is 1. The van der Waals surface area contributed by atoms with E-state index in [4.69, 9.17) is 5.73 Å². The van der Waals surface area contributed by atoms with Crippen molar-refractivity contribution in [1.82, 2.24) is 5.32 Å². The van der Waals surface area contributed by atoms with Crippen molar-refractivity contribution in [1.29, 1.82) is 0 Å². The van der Waals surface area contributed by atoms with Gasteiger partial charge in [-0.05, 0) is 40.0 Å². The summed E-state index contributed by atoms with van der Waals surface area (Å²) < 4.78 is 0. The molecule has 0 aromatic carbocycles. The number of nitrogens with two attached hydrogens (primary N) is 1. The lowest BCUT2D eigenvalue weighted by atomic mass is 9.94. The average Bonchev–Trinajstić information content (AvgIpc) is 1.95. The zero-order chi connectivity index (χ0) is 13.0. The number of guanidine groups is 1. The molecular weight excluding hydrogens is 202 g/mol. The summed E-state index contributed by atoms with van der Waals surface area (Å²) in [5.74, 6) is 0.832. The number of hydrogen-bond acceptors (Lipinski definition) is 2. The molecule has 4 N–H and O–H groups in total. The predicted molar refractivity (Wildman–Crippen MR) is 69.5 cm³/mol. The molecule has 0 bridgehead atoms. The molecule has 0 spiro atoms. The van der Waals surface area contributed by atoms with Crippen molar-refractivity contribution in [3.8, 4) is 0 Å². The Bertz CT molecular complexity index is 239. The van der Waals surface area contributed by atoms with Crippen molar-refractivity contribution in [3.63, 3.8) is 0 Å². The Labute approximate surface area is 99.3 Å². The van der Waals surface area contributed by atoms with E-state index in [9.17, 15) is 5.11 Å². The maximum Gasteiger partial charge on any atom is 0.189 e. The molecular formula is C12H27N3O. The largest absolute Gasteiger partial charge is 0.388 e. The highest BCUT2D eigenvalue weighted by Crippen LogP contribution is 2.16. The Morgan fingerprint density at radius 2 is 1.81 bits per heavy atom. The van der Waals surface area contributed by atoms with Gasteiger partial charge in [0.1, 0.15) is 0 Å². The maximum absolute atomic E-state index is 10.0. The first kappa shape index (κ1) is 15.2. The quantitative estimate of drug-likeness (QED) is 0.505. The minimum Gasteiger partial charge on any atom is -0.388 e. The summed E-state index contributed by atoms with van der Waals surface area (Å²) in [5, 5.41) is 13.1. The van der Waals surface area contributed by atoms with Gasteiger partial charge in [-0.15, -0.1) is 0 Å². The number of aliphatic hydroxyl groups is 1. The molecule has 16 heavy (non-hydrogen) atoms. The first-order valence-corrected chi connectivity index (χ1v) is 5.82. The monoisotopic (exact) mass is 229 g/mol. The lowest BCUT2D eigenvalue weighted by Crippen LogP contribution is -2.45. The maximum atomic E-state index is 10.0. The zero-order valence-corrected chi connectivity index (χ0v) is 11.5. The number of nitrogens with zero attached hydrogens (tertiary/aromatic N) is 1. The lowest BCUT2D eigenvalue weighted by Gasteiger charge is -2.25. The van der Waals surface area contributed by atoms with Gasteiger partial charge in [-0.25, -0.2) is 0 Å². The molecule has 0 rings (SSSR count). The first-order chi connectivity index (χ1) is 7.02. The van der Waals surface area contributed by atoms with E-state index in [2.05, 4.69) is 24.2 Å². The minimum absolute atomic E-state index is 0.0997. The zero-order valence-electron chi connectivity index (χ0n) is 11.5. The van der Waals surface area contributed by atoms with Crippen LogP contribution in [-0.4, -0.2) is 28.8 Å². The van der Waals surface area contributed by atoms with Gasteiger partial charge in [-0.2, -0.15) is 0 Å². The molecule has 0 aromatic rings. The molecule has 1 unspecified atom stereocenters. The number of hydrogen-bond donors (Lipinski definition) is 3. The molecule has 0 radical (unpaired) electrons. The molecule has 0 amide bonds. The van der Waals surface area contributed by atoms with Crippen molar-refractivity contribution < 1.29 is 5.11 Å². The molecule has 0 aliphatic heterocycles. The fourth-order valence-corrected chi connectivity index (χ4v) is 1.62. The van der Waals surface area contributed by atoms with Crippen LogP contribution in [0.1, 0.15) is 48.0 Å². The van der Waals surface area contributed by atoms with Gasteiger partial charge in [0, 0.05) is 5.54 Å². The molecule has 0 heterocycles. The van der Waals surface area contributed by atoms with E-state index < -0.39 is 5.60 Å². The Hall–Kier alpha value is -0.770. The summed E-state index contributed by atoms with van der Waals surface area (Å²) in [5.41, 5.74) is 4.85. The smallest absolute Gasteiger partial charge is 0.189 e. The van der Waals surface area contributed by atoms with E-state index in [1.165, 1.54) is 0 Å². The van der Waals surface area contributed by atoms with Crippen molar-refractivity contribution in [3.05, 3.63) is 0 Å². The van der Waals surface area contributed by atoms with Gasteiger partial charge < -0.3 is 16.2 Å². The van der Waals surface area contributed by atoms with Crippen LogP contribution < -0.4 is 11.1 Å². The topological polar surface area (TPSA) is 70.6 Å². The normalized spacial score (nSPS) is 17.4. The van der Waals surface area contributed by atoms with Crippen LogP contribution >= 0.6 is 0 Å². The lowest BCUT2D eigenvalue weighted by molar-refractivity contribution is 0.0477. The fraction of sp³-hybridized carbons (Fsp3) is 0.917. The SMILES string of the molecule is CC(C)CC(C)(O)CN=C(N)NC(C)(C)C. The van der Waals surface area contributed by atoms with Crippen LogP contribution in [0.25, 0.3) is 0 Å². The highest BCUT2D eigenvalue weighted by Gasteiger charge is 2.21. The molecule has 0 fully saturated rings. The van der Waals surface area contributed by atoms with Crippen LogP contribution in [0.15, 0.2) is 4.99 Å². The van der Waals surface area contributed by atoms with E-state index in [0.717, 1.165) is 6.42 Å². The standard InChI is InChI=1S/C12H27N3O/c1-9(2)7-12(6,16)8-14-10(13)15-11(3,4)5/h9,16H,7-8H2,1-6H3,(H3,13,14,15). The van der Waals surface area contributed by atoms with Gasteiger partial charge in [-0.1, -0.05) is 13.8 Å². The van der Waals surface area contributed by atoms with E-state index in [1.807, 2.05) is 20.8 Å². The first-order valence-electron chi connectivity index (χ1n) is 5.82. The van der Waals surface area contributed by atoms with E-state index in [0.29, 0.717) is 18.4 Å². The predicted octanol–water partition coefficient (Wildman–Crippen LogP) is 1.49. The Kier molecular flexibility index (Phi) is 5.26. The Morgan fingerprint density at radius 1 is 1.31 bits per heavy atom. The summed E-state index contributed by atoms with van der Waals surface area (Å²) in [6.45, 7) is 12.3. The molecule has 4 nitrogen and oxygen atoms in total. The minimum atomic E-state index is -0.779. The van der Waals surface area contributed by atoms with Crippen LogP contribution in [0.2, 0.25) is 0 Å². The molecule has 0 saturated carbocycles. The van der Waals surface area contributed by atoms with Gasteiger partial charge in [0.05, 0.1) is 12.1 Å². The second-order valence-corrected chi connectivity index (χ2v) is 6.17. The van der Waals surface area contributed by atoms with Crippen LogP contribution in [0.4, 0.5) is 0 Å². The average molecular weight is 229 g/mol. The molecule has 1 atom stereocenters. The van der Waals surface area contributed by atoms with Crippen molar-refractivity contribution in [2.45, 2.75) is 59.1 Å². The Morgan fingerprint density at radius 3 is 2.19 bits per heavy atom. The van der Waals surface area contributed by atoms with Gasteiger partial charge in [0.15, 0.2) is 5.96 Å². The third-order valence-corrected chi connectivity index (χ3v) is 1.94. The van der Waals surface area contributed by atoms with Crippen LogP contribution in [0.5, 0.6) is 0 Å². The van der Waals surface area contributed by atoms with Gasteiger partial charge in [0.25, 0.3) is 0 Å². The van der Waals surface area contributed by atoms with Crippen LogP contribution in [0.3, 0.4) is 0 Å². The molecule has 0 aromatic heterocycles. The summed E-state index contributed by atoms with van der Waals surface area (Å²) in [4.78, 5) is 4.17.